The van der Waals surface area contributed by atoms with Crippen LogP contribution in [0.5, 0.6) is 0 Å². The minimum Gasteiger partial charge on any atom is -0.399 e. The Morgan fingerprint density at radius 2 is 2.11 bits per heavy atom. The molecule has 102 valence electrons. The van der Waals surface area contributed by atoms with Crippen LogP contribution in [0.3, 0.4) is 0 Å². The van der Waals surface area contributed by atoms with E-state index in [1.807, 2.05) is 6.92 Å². The molecule has 0 saturated carbocycles. The van der Waals surface area contributed by atoms with Crippen LogP contribution in [0.4, 0.5) is 10.1 Å². The molecule has 0 bridgehead atoms. The van der Waals surface area contributed by atoms with Gasteiger partial charge in [-0.3, -0.25) is 0 Å². The number of rotatable bonds is 6. The van der Waals surface area contributed by atoms with Gasteiger partial charge < -0.3 is 5.73 Å². The van der Waals surface area contributed by atoms with E-state index in [2.05, 4.69) is 4.72 Å². The summed E-state index contributed by atoms with van der Waals surface area (Å²) < 4.78 is 39.9. The molecule has 1 unspecified atom stereocenters. The highest BCUT2D eigenvalue weighted by molar-refractivity contribution is 7.89. The van der Waals surface area contributed by atoms with Gasteiger partial charge in [-0.1, -0.05) is 19.8 Å². The van der Waals surface area contributed by atoms with E-state index in [9.17, 15) is 12.8 Å². The standard InChI is InChI=1S/C12H19FN2O2S/c1-3-4-5-9(2)15-18(16,17)12-7-6-10(14)8-11(12)13/h6-9,15H,3-5,14H2,1-2H3. The summed E-state index contributed by atoms with van der Waals surface area (Å²) in [6.07, 6.45) is 2.64. The summed E-state index contributed by atoms with van der Waals surface area (Å²) in [5.41, 5.74) is 5.58. The Bertz CT molecular complexity index is 503. The van der Waals surface area contributed by atoms with Crippen molar-refractivity contribution in [1.82, 2.24) is 4.72 Å². The lowest BCUT2D eigenvalue weighted by Crippen LogP contribution is -2.33. The zero-order chi connectivity index (χ0) is 13.8. The molecule has 0 aliphatic rings. The Balaban J connectivity index is 2.86. The Kier molecular flexibility index (Phi) is 5.10. The zero-order valence-electron chi connectivity index (χ0n) is 10.6. The van der Waals surface area contributed by atoms with E-state index in [1.54, 1.807) is 6.92 Å². The van der Waals surface area contributed by atoms with Gasteiger partial charge in [0.2, 0.25) is 10.0 Å². The highest BCUT2D eigenvalue weighted by Gasteiger charge is 2.21. The molecule has 3 N–H and O–H groups in total. The number of halogens is 1. The summed E-state index contributed by atoms with van der Waals surface area (Å²) >= 11 is 0. The number of nitrogens with two attached hydrogens (primary N) is 1. The molecule has 18 heavy (non-hydrogen) atoms. The van der Waals surface area contributed by atoms with Crippen LogP contribution in [-0.4, -0.2) is 14.5 Å². The summed E-state index contributed by atoms with van der Waals surface area (Å²) in [6.45, 7) is 3.79. The fraction of sp³-hybridized carbons (Fsp3) is 0.500. The number of unbranched alkanes of at least 4 members (excludes halogenated alkanes) is 1. The summed E-state index contributed by atoms with van der Waals surface area (Å²) in [7, 11) is -3.82. The van der Waals surface area contributed by atoms with Gasteiger partial charge in [-0.25, -0.2) is 17.5 Å². The fourth-order valence-electron chi connectivity index (χ4n) is 1.63. The largest absolute Gasteiger partial charge is 0.399 e. The van der Waals surface area contributed by atoms with Gasteiger partial charge >= 0.3 is 0 Å². The molecule has 0 aromatic heterocycles. The quantitative estimate of drug-likeness (QED) is 0.782. The first-order chi connectivity index (χ1) is 8.36. The first kappa shape index (κ1) is 14.9. The summed E-state index contributed by atoms with van der Waals surface area (Å²) in [6, 6.07) is 3.34. The molecular weight excluding hydrogens is 255 g/mol. The minimum atomic E-state index is -3.82. The lowest BCUT2D eigenvalue weighted by Gasteiger charge is -2.14. The SMILES string of the molecule is CCCCC(C)NS(=O)(=O)c1ccc(N)cc1F. The van der Waals surface area contributed by atoms with Gasteiger partial charge in [-0.15, -0.1) is 0 Å². The molecule has 4 nitrogen and oxygen atoms in total. The molecule has 1 aromatic carbocycles. The summed E-state index contributed by atoms with van der Waals surface area (Å²) in [4.78, 5) is -0.361. The molecule has 6 heteroatoms. The number of nitrogens with one attached hydrogen (secondary N) is 1. The third kappa shape index (κ3) is 3.96. The first-order valence-electron chi connectivity index (χ1n) is 5.94. The van der Waals surface area contributed by atoms with Crippen molar-refractivity contribution >= 4 is 15.7 Å². The number of sulfonamides is 1. The molecule has 1 atom stereocenters. The average Bonchev–Trinajstić information content (AvgIpc) is 2.25. The summed E-state index contributed by atoms with van der Waals surface area (Å²) in [5.74, 6) is -0.829. The van der Waals surface area contributed by atoms with Crippen molar-refractivity contribution in [2.75, 3.05) is 5.73 Å². The zero-order valence-corrected chi connectivity index (χ0v) is 11.4. The highest BCUT2D eigenvalue weighted by atomic mass is 32.2. The van der Waals surface area contributed by atoms with E-state index in [4.69, 9.17) is 5.73 Å². The van der Waals surface area contributed by atoms with Crippen molar-refractivity contribution in [2.45, 2.75) is 44.0 Å². The van der Waals surface area contributed by atoms with Crippen molar-refractivity contribution in [1.29, 1.82) is 0 Å². The Morgan fingerprint density at radius 3 is 2.67 bits per heavy atom. The van der Waals surface area contributed by atoms with Crippen molar-refractivity contribution < 1.29 is 12.8 Å². The molecule has 1 rings (SSSR count). The topological polar surface area (TPSA) is 72.2 Å². The first-order valence-corrected chi connectivity index (χ1v) is 7.42. The smallest absolute Gasteiger partial charge is 0.243 e. The molecule has 0 fully saturated rings. The van der Waals surface area contributed by atoms with Crippen LogP contribution in [0.25, 0.3) is 0 Å². The van der Waals surface area contributed by atoms with E-state index in [1.165, 1.54) is 12.1 Å². The Labute approximate surface area is 107 Å². The monoisotopic (exact) mass is 274 g/mol. The van der Waals surface area contributed by atoms with Crippen molar-refractivity contribution in [2.24, 2.45) is 0 Å². The number of nitrogen functional groups attached to an aromatic ring is 1. The Morgan fingerprint density at radius 1 is 1.44 bits per heavy atom. The molecule has 0 spiro atoms. The van der Waals surface area contributed by atoms with Gasteiger partial charge in [-0.05, 0) is 31.5 Å². The van der Waals surface area contributed by atoms with Gasteiger partial charge in [0.05, 0.1) is 0 Å². The second-order valence-electron chi connectivity index (χ2n) is 4.35. The van der Waals surface area contributed by atoms with E-state index in [0.717, 1.165) is 25.3 Å². The predicted molar refractivity (Wildman–Crippen MR) is 70.1 cm³/mol. The number of hydrogen-bond acceptors (Lipinski definition) is 3. The normalized spacial score (nSPS) is 13.5. The third-order valence-electron chi connectivity index (χ3n) is 2.59. The van der Waals surface area contributed by atoms with Crippen LogP contribution in [0.15, 0.2) is 23.1 Å². The fourth-order valence-corrected chi connectivity index (χ4v) is 2.97. The highest BCUT2D eigenvalue weighted by Crippen LogP contribution is 2.17. The maximum atomic E-state index is 13.5. The van der Waals surface area contributed by atoms with Crippen LogP contribution in [0, 0.1) is 5.82 Å². The third-order valence-corrected chi connectivity index (χ3v) is 4.22. The van der Waals surface area contributed by atoms with Gasteiger partial charge in [0.25, 0.3) is 0 Å². The van der Waals surface area contributed by atoms with Crippen molar-refractivity contribution in [3.05, 3.63) is 24.0 Å². The lowest BCUT2D eigenvalue weighted by atomic mass is 10.2. The molecule has 0 saturated heterocycles. The van der Waals surface area contributed by atoms with Gasteiger partial charge in [-0.2, -0.15) is 0 Å². The van der Waals surface area contributed by atoms with Gasteiger partial charge in [0.1, 0.15) is 10.7 Å². The van der Waals surface area contributed by atoms with Gasteiger partial charge in [0, 0.05) is 11.7 Å². The molecule has 0 amide bonds. The minimum absolute atomic E-state index is 0.200. The van der Waals surface area contributed by atoms with Crippen molar-refractivity contribution in [3.8, 4) is 0 Å². The number of anilines is 1. The molecule has 0 aliphatic carbocycles. The maximum Gasteiger partial charge on any atom is 0.243 e. The number of hydrogen-bond donors (Lipinski definition) is 2. The van der Waals surface area contributed by atoms with Crippen molar-refractivity contribution in [3.63, 3.8) is 0 Å². The molecule has 0 radical (unpaired) electrons. The second-order valence-corrected chi connectivity index (χ2v) is 6.04. The van der Waals surface area contributed by atoms with E-state index in [0.29, 0.717) is 0 Å². The predicted octanol–water partition coefficient (Wildman–Crippen LogP) is 2.26. The van der Waals surface area contributed by atoms with E-state index < -0.39 is 15.8 Å². The second kappa shape index (κ2) is 6.15. The van der Waals surface area contributed by atoms with E-state index >= 15 is 0 Å². The maximum absolute atomic E-state index is 13.5. The summed E-state index contributed by atoms with van der Waals surface area (Å²) in [5, 5.41) is 0. The molecular formula is C12H19FN2O2S. The van der Waals surface area contributed by atoms with Crippen LogP contribution >= 0.6 is 0 Å². The van der Waals surface area contributed by atoms with Crippen LogP contribution in [0.2, 0.25) is 0 Å². The van der Waals surface area contributed by atoms with Gasteiger partial charge in [0.15, 0.2) is 0 Å². The van der Waals surface area contributed by atoms with Crippen LogP contribution in [-0.2, 0) is 10.0 Å². The van der Waals surface area contributed by atoms with Crippen LogP contribution < -0.4 is 10.5 Å². The lowest BCUT2D eigenvalue weighted by molar-refractivity contribution is 0.524. The van der Waals surface area contributed by atoms with Crippen LogP contribution in [0.1, 0.15) is 33.1 Å². The molecule has 0 heterocycles. The molecule has 0 aliphatic heterocycles. The van der Waals surface area contributed by atoms with E-state index in [-0.39, 0.29) is 16.6 Å². The number of benzene rings is 1. The molecule has 1 aromatic rings. The average molecular weight is 274 g/mol. The Hall–Kier alpha value is -1.14.